The van der Waals surface area contributed by atoms with Crippen LogP contribution in [0.15, 0.2) is 101 Å². The van der Waals surface area contributed by atoms with E-state index in [1.54, 1.807) is 18.2 Å². The monoisotopic (exact) mass is 536 g/mol. The minimum Gasteiger partial charge on any atom is -0.456 e. The minimum atomic E-state index is -0.362. The second-order valence-electron chi connectivity index (χ2n) is 11.4. The summed E-state index contributed by atoms with van der Waals surface area (Å²) in [6, 6.07) is 28.9. The van der Waals surface area contributed by atoms with Crippen molar-refractivity contribution in [2.45, 2.75) is 33.1 Å². The number of aryl methyl sites for hydroxylation is 2. The molecule has 0 radical (unpaired) electrons. The van der Waals surface area contributed by atoms with Gasteiger partial charge in [-0.25, -0.2) is 0 Å². The lowest BCUT2D eigenvalue weighted by Gasteiger charge is -2.28. The van der Waals surface area contributed by atoms with E-state index in [0.29, 0.717) is 11.3 Å². The number of ketones is 2. The highest BCUT2D eigenvalue weighted by Gasteiger charge is 2.40. The number of nitrogens with zero attached hydrogens (tertiary/aromatic N) is 2. The van der Waals surface area contributed by atoms with Crippen LogP contribution < -0.4 is 4.90 Å². The van der Waals surface area contributed by atoms with Gasteiger partial charge >= 0.3 is 0 Å². The van der Waals surface area contributed by atoms with Gasteiger partial charge in [0.05, 0.1) is 11.1 Å². The number of hydrogen-bond donors (Lipinski definition) is 0. The average molecular weight is 537 g/mol. The van der Waals surface area contributed by atoms with Crippen LogP contribution in [0, 0.1) is 13.8 Å². The molecule has 3 aromatic carbocycles. The maximum absolute atomic E-state index is 12.9. The Morgan fingerprint density at radius 3 is 2.00 bits per heavy atom. The molecule has 200 valence electrons. The van der Waals surface area contributed by atoms with E-state index in [0.717, 1.165) is 39.5 Å². The number of carbonyl (C=O) groups is 2. The summed E-state index contributed by atoms with van der Waals surface area (Å²) in [5, 5.41) is 0. The quantitative estimate of drug-likeness (QED) is 0.170. The summed E-state index contributed by atoms with van der Waals surface area (Å²) in [5.41, 5.74) is 9.15. The summed E-state index contributed by atoms with van der Waals surface area (Å²) in [6.07, 6.45) is 3.09. The van der Waals surface area contributed by atoms with Gasteiger partial charge in [-0.2, -0.15) is 0 Å². The number of fused-ring (bicyclic) bond motifs is 4. The largest absolute Gasteiger partial charge is 0.456 e. The van der Waals surface area contributed by atoms with Gasteiger partial charge in [0.15, 0.2) is 5.78 Å². The highest BCUT2D eigenvalue weighted by Crippen LogP contribution is 2.52. The van der Waals surface area contributed by atoms with Gasteiger partial charge in [-0.1, -0.05) is 49.2 Å². The molecule has 0 saturated heterocycles. The van der Waals surface area contributed by atoms with Gasteiger partial charge in [0.2, 0.25) is 5.78 Å². The third kappa shape index (κ3) is 3.88. The fourth-order valence-electron chi connectivity index (χ4n) is 5.93. The summed E-state index contributed by atoms with van der Waals surface area (Å²) in [7, 11) is 0. The Morgan fingerprint density at radius 1 is 0.732 bits per heavy atom. The number of benzene rings is 3. The molecule has 0 saturated carbocycles. The summed E-state index contributed by atoms with van der Waals surface area (Å²) in [6.45, 7) is 8.55. The van der Waals surface area contributed by atoms with Crippen molar-refractivity contribution in [3.63, 3.8) is 0 Å². The lowest BCUT2D eigenvalue weighted by molar-refractivity contribution is 0.0989. The van der Waals surface area contributed by atoms with Crippen molar-refractivity contribution in [1.29, 1.82) is 0 Å². The van der Waals surface area contributed by atoms with Gasteiger partial charge < -0.3 is 9.32 Å². The average Bonchev–Trinajstić information content (AvgIpc) is 3.57. The van der Waals surface area contributed by atoms with Crippen LogP contribution >= 0.6 is 0 Å². The predicted molar refractivity (Wildman–Crippen MR) is 161 cm³/mol. The van der Waals surface area contributed by atoms with Gasteiger partial charge in [0, 0.05) is 39.8 Å². The number of carbonyl (C=O) groups excluding carboxylic acids is 2. The fourth-order valence-corrected chi connectivity index (χ4v) is 5.93. The molecule has 41 heavy (non-hydrogen) atoms. The number of pyridine rings is 1. The van der Waals surface area contributed by atoms with E-state index in [1.807, 2.05) is 6.07 Å². The molecule has 2 heterocycles. The van der Waals surface area contributed by atoms with Crippen LogP contribution in [0.4, 0.5) is 17.1 Å². The summed E-state index contributed by atoms with van der Waals surface area (Å²) in [4.78, 5) is 32.2. The lowest BCUT2D eigenvalue weighted by atomic mass is 9.82. The zero-order valence-electron chi connectivity index (χ0n) is 23.4. The van der Waals surface area contributed by atoms with E-state index in [-0.39, 0.29) is 28.2 Å². The standard InChI is InChI=1S/C36H28N2O3/c1-21-7-11-23(12-8-21)38(24-13-9-22(2)10-14-24)25-15-16-27-30(18-25)36(3,4)31-20-26(41-35(27)31)19-29-33(39)28-6-5-17-37-32(28)34(29)40/h5-20H,1-4H3/b29-19+. The number of hydrogen-bond acceptors (Lipinski definition) is 5. The first-order valence-corrected chi connectivity index (χ1v) is 13.7. The van der Waals surface area contributed by atoms with Crippen molar-refractivity contribution in [1.82, 2.24) is 4.98 Å². The zero-order valence-corrected chi connectivity index (χ0v) is 23.4. The number of anilines is 3. The molecular weight excluding hydrogens is 508 g/mol. The molecule has 5 aromatic rings. The molecule has 0 amide bonds. The van der Waals surface area contributed by atoms with Crippen molar-refractivity contribution < 1.29 is 14.0 Å². The number of rotatable bonds is 4. The molecule has 0 aliphatic heterocycles. The molecule has 0 N–H and O–H groups in total. The second-order valence-corrected chi connectivity index (χ2v) is 11.4. The summed E-state index contributed by atoms with van der Waals surface area (Å²) >= 11 is 0. The molecule has 7 rings (SSSR count). The highest BCUT2D eigenvalue weighted by atomic mass is 16.3. The fraction of sp³-hybridized carbons (Fsp3) is 0.139. The zero-order chi connectivity index (χ0) is 28.5. The molecular formula is C36H28N2O3. The van der Waals surface area contributed by atoms with Gasteiger partial charge in [-0.05, 0) is 86.2 Å². The van der Waals surface area contributed by atoms with Crippen LogP contribution in [0.3, 0.4) is 0 Å². The molecule has 2 aliphatic carbocycles. The van der Waals surface area contributed by atoms with E-state index in [2.05, 4.69) is 104 Å². The molecule has 0 atom stereocenters. The van der Waals surface area contributed by atoms with Crippen molar-refractivity contribution in [3.8, 4) is 11.3 Å². The van der Waals surface area contributed by atoms with Gasteiger partial charge in [0.1, 0.15) is 17.2 Å². The summed E-state index contributed by atoms with van der Waals surface area (Å²) in [5.74, 6) is 0.586. The molecule has 0 spiro atoms. The number of Topliss-reactive ketones (excluding diaryl/α,β-unsaturated/α-hetero) is 2. The maximum Gasteiger partial charge on any atom is 0.216 e. The van der Waals surface area contributed by atoms with Crippen LogP contribution in [-0.2, 0) is 5.41 Å². The summed E-state index contributed by atoms with van der Waals surface area (Å²) < 4.78 is 6.33. The van der Waals surface area contributed by atoms with E-state index < -0.39 is 0 Å². The second kappa shape index (κ2) is 9.00. The normalized spacial score (nSPS) is 15.7. The van der Waals surface area contributed by atoms with Gasteiger partial charge in [-0.15, -0.1) is 0 Å². The molecule has 0 fully saturated rings. The van der Waals surface area contributed by atoms with Crippen LogP contribution in [-0.4, -0.2) is 16.6 Å². The van der Waals surface area contributed by atoms with Crippen molar-refractivity contribution in [2.75, 3.05) is 4.90 Å². The third-order valence-corrected chi connectivity index (χ3v) is 8.23. The Balaban J connectivity index is 1.30. The van der Waals surface area contributed by atoms with E-state index >= 15 is 0 Å². The molecule has 2 aliphatic rings. The molecule has 0 unspecified atom stereocenters. The minimum absolute atomic E-state index is 0.0892. The SMILES string of the molecule is Cc1ccc(N(c2ccc(C)cc2)c2ccc3c(c2)C(C)(C)c2cc(/C=C4\C(=O)c5cccnc5C4=O)oc2-3)cc1. The molecule has 0 bridgehead atoms. The lowest BCUT2D eigenvalue weighted by Crippen LogP contribution is -2.16. The Morgan fingerprint density at radius 2 is 1.37 bits per heavy atom. The molecule has 5 heteroatoms. The van der Waals surface area contributed by atoms with Crippen molar-refractivity contribution in [3.05, 3.63) is 136 Å². The van der Waals surface area contributed by atoms with Crippen LogP contribution in [0.5, 0.6) is 0 Å². The Kier molecular flexibility index (Phi) is 5.48. The maximum atomic E-state index is 12.9. The van der Waals surface area contributed by atoms with Crippen LogP contribution in [0.2, 0.25) is 0 Å². The van der Waals surface area contributed by atoms with Crippen molar-refractivity contribution in [2.24, 2.45) is 0 Å². The first-order chi connectivity index (χ1) is 19.7. The topological polar surface area (TPSA) is 63.4 Å². The number of furan rings is 1. The Labute approximate surface area is 238 Å². The predicted octanol–water partition coefficient (Wildman–Crippen LogP) is 8.53. The van der Waals surface area contributed by atoms with E-state index in [9.17, 15) is 9.59 Å². The Hall–Kier alpha value is -5.03. The first-order valence-electron chi connectivity index (χ1n) is 13.7. The first kappa shape index (κ1) is 25.0. The Bertz CT molecular complexity index is 1830. The van der Waals surface area contributed by atoms with E-state index in [1.165, 1.54) is 17.3 Å². The number of aromatic nitrogens is 1. The van der Waals surface area contributed by atoms with E-state index in [4.69, 9.17) is 4.42 Å². The molecule has 2 aromatic heterocycles. The number of allylic oxidation sites excluding steroid dienone is 1. The van der Waals surface area contributed by atoms with Crippen LogP contribution in [0.1, 0.15) is 62.7 Å². The van der Waals surface area contributed by atoms with Gasteiger partial charge in [0.25, 0.3) is 0 Å². The smallest absolute Gasteiger partial charge is 0.216 e. The third-order valence-electron chi connectivity index (χ3n) is 8.23. The highest BCUT2D eigenvalue weighted by molar-refractivity contribution is 6.40. The van der Waals surface area contributed by atoms with Gasteiger partial charge in [-0.3, -0.25) is 14.6 Å². The van der Waals surface area contributed by atoms with Crippen LogP contribution in [0.25, 0.3) is 17.4 Å². The molecule has 5 nitrogen and oxygen atoms in total. The van der Waals surface area contributed by atoms with Crippen molar-refractivity contribution >= 4 is 34.7 Å².